The van der Waals surface area contributed by atoms with Gasteiger partial charge < -0.3 is 28.8 Å². The van der Waals surface area contributed by atoms with Crippen LogP contribution in [0.3, 0.4) is 0 Å². The van der Waals surface area contributed by atoms with Gasteiger partial charge in [0.15, 0.2) is 12.3 Å². The second-order valence-electron chi connectivity index (χ2n) is 6.72. The van der Waals surface area contributed by atoms with Gasteiger partial charge in [-0.2, -0.15) is 0 Å². The van der Waals surface area contributed by atoms with Crippen LogP contribution in [0.5, 0.6) is 11.5 Å². The molecule has 34 heavy (non-hydrogen) atoms. The number of hydrogen-bond donors (Lipinski definition) is 1. The molecule has 0 radical (unpaired) electrons. The summed E-state index contributed by atoms with van der Waals surface area (Å²) in [4.78, 5) is 62.4. The summed E-state index contributed by atoms with van der Waals surface area (Å²) in [5, 5.41) is 9.63. The molecule has 2 aromatic carbocycles. The molecule has 2 atom stereocenters. The summed E-state index contributed by atoms with van der Waals surface area (Å²) >= 11 is 0. The first-order valence-corrected chi connectivity index (χ1v) is 9.69. The van der Waals surface area contributed by atoms with Gasteiger partial charge in [-0.25, -0.2) is 14.4 Å². The van der Waals surface area contributed by atoms with Crippen LogP contribution >= 0.6 is 0 Å². The quantitative estimate of drug-likeness (QED) is 0.372. The molecule has 3 rings (SSSR count). The largest absolute Gasteiger partial charge is 0.513 e. The third kappa shape index (κ3) is 4.96. The summed E-state index contributed by atoms with van der Waals surface area (Å²) in [5.74, 6) is -3.61. The van der Waals surface area contributed by atoms with Crippen LogP contribution in [0.15, 0.2) is 48.5 Å². The molecule has 178 valence electrons. The van der Waals surface area contributed by atoms with E-state index in [9.17, 15) is 29.1 Å². The minimum atomic E-state index is -1.68. The first kappa shape index (κ1) is 24.2. The smallest absolute Gasteiger partial charge is 0.480 e. The van der Waals surface area contributed by atoms with Gasteiger partial charge in [0.2, 0.25) is 5.78 Å². The normalized spacial score (nSPS) is 16.9. The van der Waals surface area contributed by atoms with Crippen molar-refractivity contribution in [1.29, 1.82) is 0 Å². The molecule has 0 bridgehead atoms. The van der Waals surface area contributed by atoms with E-state index in [1.165, 1.54) is 48.5 Å². The molecule has 1 aliphatic rings. The molecule has 1 amide bonds. The van der Waals surface area contributed by atoms with Crippen molar-refractivity contribution < 1.29 is 52.8 Å². The van der Waals surface area contributed by atoms with E-state index in [1.54, 1.807) is 0 Å². The number of ketones is 1. The van der Waals surface area contributed by atoms with E-state index in [2.05, 4.69) is 9.47 Å². The molecular weight excluding hydrogens is 454 g/mol. The minimum absolute atomic E-state index is 0.152. The number of carbonyl (C=O) groups excluding carboxylic acids is 4. The van der Waals surface area contributed by atoms with E-state index in [1.807, 2.05) is 0 Å². The van der Waals surface area contributed by atoms with Crippen LogP contribution in [-0.2, 0) is 19.0 Å². The number of nitrogens with zero attached hydrogens (tertiary/aromatic N) is 1. The average Bonchev–Trinajstić information content (AvgIpc) is 3.29. The molecule has 1 aliphatic heterocycles. The number of carboxylic acid groups (broad SMARTS) is 1. The second kappa shape index (κ2) is 10.4. The molecular formula is C22H19NO11. The maximum Gasteiger partial charge on any atom is 0.513 e. The predicted octanol–water partition coefficient (Wildman–Crippen LogP) is 2.11. The Morgan fingerprint density at radius 2 is 1.35 bits per heavy atom. The molecule has 0 aromatic heterocycles. The summed E-state index contributed by atoms with van der Waals surface area (Å²) in [6, 6.07) is 9.60. The van der Waals surface area contributed by atoms with E-state index in [-0.39, 0.29) is 22.6 Å². The summed E-state index contributed by atoms with van der Waals surface area (Å²) in [6.07, 6.45) is -3.87. The monoisotopic (exact) mass is 473 g/mol. The first-order valence-electron chi connectivity index (χ1n) is 9.69. The number of carbonyl (C=O) groups is 5. The summed E-state index contributed by atoms with van der Waals surface area (Å²) in [7, 11) is 2.16. The van der Waals surface area contributed by atoms with Crippen molar-refractivity contribution >= 4 is 30.0 Å². The Bertz CT molecular complexity index is 1130. The Hall–Kier alpha value is -4.45. The van der Waals surface area contributed by atoms with Crippen LogP contribution < -0.4 is 9.47 Å². The Morgan fingerprint density at radius 1 is 0.853 bits per heavy atom. The average molecular weight is 473 g/mol. The molecule has 12 nitrogen and oxygen atoms in total. The fourth-order valence-corrected chi connectivity index (χ4v) is 3.17. The maximum absolute atomic E-state index is 13.4. The molecule has 12 heteroatoms. The number of para-hydroxylation sites is 2. The molecule has 1 N–H and O–H groups in total. The van der Waals surface area contributed by atoms with Crippen LogP contribution in [0.25, 0.3) is 0 Å². The molecule has 0 spiro atoms. The van der Waals surface area contributed by atoms with Gasteiger partial charge in [-0.15, -0.1) is 0 Å². The lowest BCUT2D eigenvalue weighted by molar-refractivity contribution is -0.141. The van der Waals surface area contributed by atoms with Gasteiger partial charge in [0.05, 0.1) is 32.0 Å². The van der Waals surface area contributed by atoms with Crippen molar-refractivity contribution in [1.82, 2.24) is 4.90 Å². The summed E-state index contributed by atoms with van der Waals surface area (Å²) in [5.41, 5.74) is -0.359. The maximum atomic E-state index is 13.4. The van der Waals surface area contributed by atoms with Crippen molar-refractivity contribution in [3.63, 3.8) is 0 Å². The molecule has 0 saturated carbocycles. The SMILES string of the molecule is COC(=O)Oc1ccccc1C(=O)C1OCC(C(=O)O)N1C(=O)c1ccccc1OC(=O)OC. The standard InChI is InChI=1S/C22H19NO11/c1-30-21(28)33-15-9-5-3-7-12(15)17(24)19-23(14(11-32-19)20(26)27)18(25)13-8-4-6-10-16(13)34-22(29)31-2/h3-10,14,19H,11H2,1-2H3,(H,26,27). The molecule has 2 unspecified atom stereocenters. The number of amides is 1. The number of carboxylic acids is 1. The highest BCUT2D eigenvalue weighted by atomic mass is 16.7. The van der Waals surface area contributed by atoms with Crippen molar-refractivity contribution in [2.75, 3.05) is 20.8 Å². The van der Waals surface area contributed by atoms with Gasteiger partial charge >= 0.3 is 18.3 Å². The number of Topliss-reactive ketones (excluding diaryl/α,β-unsaturated/α-hetero) is 1. The lowest BCUT2D eigenvalue weighted by atomic mass is 10.1. The topological polar surface area (TPSA) is 155 Å². The van der Waals surface area contributed by atoms with Gasteiger partial charge in [-0.3, -0.25) is 14.5 Å². The Labute approximate surface area is 192 Å². The van der Waals surface area contributed by atoms with E-state index >= 15 is 0 Å². The van der Waals surface area contributed by atoms with Crippen LogP contribution in [0.1, 0.15) is 20.7 Å². The predicted molar refractivity (Wildman–Crippen MR) is 111 cm³/mol. The Balaban J connectivity index is 2.00. The highest BCUT2D eigenvalue weighted by Gasteiger charge is 2.47. The number of hydrogen-bond acceptors (Lipinski definition) is 10. The van der Waals surface area contributed by atoms with Gasteiger partial charge in [-0.1, -0.05) is 24.3 Å². The minimum Gasteiger partial charge on any atom is -0.480 e. The Morgan fingerprint density at radius 3 is 1.88 bits per heavy atom. The fraction of sp³-hybridized carbons (Fsp3) is 0.227. The number of ether oxygens (including phenoxy) is 5. The highest BCUT2D eigenvalue weighted by Crippen LogP contribution is 2.30. The third-order valence-electron chi connectivity index (χ3n) is 4.73. The second-order valence-corrected chi connectivity index (χ2v) is 6.72. The number of methoxy groups -OCH3 is 2. The zero-order valence-electron chi connectivity index (χ0n) is 18.0. The van der Waals surface area contributed by atoms with E-state index in [0.717, 1.165) is 19.1 Å². The molecule has 0 aliphatic carbocycles. The van der Waals surface area contributed by atoms with E-state index in [4.69, 9.17) is 14.2 Å². The number of benzene rings is 2. The van der Waals surface area contributed by atoms with Gasteiger partial charge in [0, 0.05) is 0 Å². The van der Waals surface area contributed by atoms with Crippen molar-refractivity contribution in [3.05, 3.63) is 59.7 Å². The summed E-state index contributed by atoms with van der Waals surface area (Å²) in [6.45, 7) is -0.489. The molecule has 1 fully saturated rings. The number of aliphatic carboxylic acids is 1. The van der Waals surface area contributed by atoms with Crippen LogP contribution in [0.4, 0.5) is 9.59 Å². The number of rotatable bonds is 6. The lowest BCUT2D eigenvalue weighted by Crippen LogP contribution is -2.48. The van der Waals surface area contributed by atoms with E-state index in [0.29, 0.717) is 0 Å². The van der Waals surface area contributed by atoms with Crippen LogP contribution in [-0.4, -0.2) is 73.1 Å². The zero-order valence-corrected chi connectivity index (χ0v) is 18.0. The summed E-state index contributed by atoms with van der Waals surface area (Å²) < 4.78 is 24.2. The van der Waals surface area contributed by atoms with Crippen molar-refractivity contribution in [3.8, 4) is 11.5 Å². The van der Waals surface area contributed by atoms with Crippen molar-refractivity contribution in [2.45, 2.75) is 12.3 Å². The van der Waals surface area contributed by atoms with Gasteiger partial charge in [-0.05, 0) is 24.3 Å². The van der Waals surface area contributed by atoms with Gasteiger partial charge in [0.1, 0.15) is 11.5 Å². The molecule has 1 heterocycles. The van der Waals surface area contributed by atoms with Crippen LogP contribution in [0, 0.1) is 0 Å². The van der Waals surface area contributed by atoms with Gasteiger partial charge in [0.25, 0.3) is 5.91 Å². The molecule has 1 saturated heterocycles. The first-order chi connectivity index (χ1) is 16.3. The van der Waals surface area contributed by atoms with Crippen LogP contribution in [0.2, 0.25) is 0 Å². The third-order valence-corrected chi connectivity index (χ3v) is 4.73. The lowest BCUT2D eigenvalue weighted by Gasteiger charge is -2.26. The molecule has 2 aromatic rings. The highest BCUT2D eigenvalue weighted by molar-refractivity contribution is 6.07. The van der Waals surface area contributed by atoms with E-state index < -0.39 is 48.8 Å². The van der Waals surface area contributed by atoms with Crippen molar-refractivity contribution in [2.24, 2.45) is 0 Å². The Kier molecular flexibility index (Phi) is 7.43. The zero-order chi connectivity index (χ0) is 24.8. The fourth-order valence-electron chi connectivity index (χ4n) is 3.17.